The Morgan fingerprint density at radius 2 is 2.22 bits per heavy atom. The highest BCUT2D eigenvalue weighted by atomic mass is 16.5. The Labute approximate surface area is 103 Å². The summed E-state index contributed by atoms with van der Waals surface area (Å²) in [6, 6.07) is 5.60. The quantitative estimate of drug-likeness (QED) is 0.692. The highest BCUT2D eigenvalue weighted by molar-refractivity contribution is 5.60. The fourth-order valence-corrected chi connectivity index (χ4v) is 1.65. The van der Waals surface area contributed by atoms with Crippen molar-refractivity contribution in [2.45, 2.75) is 6.92 Å². The first-order valence-corrected chi connectivity index (χ1v) is 5.43. The van der Waals surface area contributed by atoms with Crippen LogP contribution in [0.4, 0.5) is 5.69 Å². The Balaban J connectivity index is 2.06. The van der Waals surface area contributed by atoms with E-state index < -0.39 is 0 Å². The smallest absolute Gasteiger partial charge is 0.265 e. The zero-order chi connectivity index (χ0) is 12.5. The summed E-state index contributed by atoms with van der Waals surface area (Å²) < 4.78 is 7.43. The van der Waals surface area contributed by atoms with E-state index in [-0.39, 0.29) is 0 Å². The number of fused-ring (bicyclic) bond motifs is 1. The zero-order valence-electron chi connectivity index (χ0n) is 9.74. The number of anilines is 1. The summed E-state index contributed by atoms with van der Waals surface area (Å²) in [4.78, 5) is 4.14. The number of nitrogens with zero attached hydrogens (tertiary/aromatic N) is 4. The molecule has 0 spiro atoms. The molecule has 2 heterocycles. The number of nitrogen functional groups attached to an aromatic ring is 1. The molecule has 2 N–H and O–H groups in total. The molecule has 0 saturated heterocycles. The largest absolute Gasteiger partial charge is 0.434 e. The highest BCUT2D eigenvalue weighted by Crippen LogP contribution is 2.29. The lowest BCUT2D eigenvalue weighted by atomic mass is 10.2. The van der Waals surface area contributed by atoms with Gasteiger partial charge in [-0.05, 0) is 18.6 Å². The van der Waals surface area contributed by atoms with Crippen molar-refractivity contribution in [3.8, 4) is 11.6 Å². The van der Waals surface area contributed by atoms with Gasteiger partial charge in [0.25, 0.3) is 5.88 Å². The maximum Gasteiger partial charge on any atom is 0.265 e. The molecule has 0 aliphatic carbocycles. The van der Waals surface area contributed by atoms with Gasteiger partial charge in [0.2, 0.25) is 5.65 Å². The van der Waals surface area contributed by atoms with E-state index in [1.165, 1.54) is 0 Å². The van der Waals surface area contributed by atoms with Crippen LogP contribution >= 0.6 is 0 Å². The van der Waals surface area contributed by atoms with E-state index >= 15 is 0 Å². The van der Waals surface area contributed by atoms with Gasteiger partial charge in [-0.25, -0.2) is 4.98 Å². The molecule has 2 aromatic heterocycles. The maximum absolute atomic E-state index is 5.95. The Kier molecular flexibility index (Phi) is 2.33. The number of benzene rings is 1. The minimum atomic E-state index is 0.382. The number of aryl methyl sites for hydroxylation is 1. The molecule has 6 nitrogen and oxygen atoms in total. The van der Waals surface area contributed by atoms with Crippen LogP contribution in [0.25, 0.3) is 5.65 Å². The van der Waals surface area contributed by atoms with Gasteiger partial charge < -0.3 is 10.5 Å². The molecular weight excluding hydrogens is 230 g/mol. The predicted molar refractivity (Wildman–Crippen MR) is 66.4 cm³/mol. The SMILES string of the molecule is Cc1cccc(Oc2nccn3cnnc23)c1N. The van der Waals surface area contributed by atoms with Crippen LogP contribution in [-0.4, -0.2) is 19.6 Å². The molecule has 0 aliphatic rings. The fraction of sp³-hybridized carbons (Fsp3) is 0.0833. The van der Waals surface area contributed by atoms with Crippen molar-refractivity contribution in [3.63, 3.8) is 0 Å². The van der Waals surface area contributed by atoms with Gasteiger partial charge in [-0.1, -0.05) is 12.1 Å². The molecule has 90 valence electrons. The second kappa shape index (κ2) is 3.99. The first-order chi connectivity index (χ1) is 8.75. The van der Waals surface area contributed by atoms with Gasteiger partial charge >= 0.3 is 0 Å². The van der Waals surface area contributed by atoms with Crippen LogP contribution in [-0.2, 0) is 0 Å². The summed E-state index contributed by atoms with van der Waals surface area (Å²) >= 11 is 0. The number of aromatic nitrogens is 4. The molecule has 6 heteroatoms. The van der Waals surface area contributed by atoms with Gasteiger partial charge in [-0.15, -0.1) is 10.2 Å². The number of hydrogen-bond donors (Lipinski definition) is 1. The molecule has 0 radical (unpaired) electrons. The molecular formula is C12H11N5O. The monoisotopic (exact) mass is 241 g/mol. The molecule has 0 aliphatic heterocycles. The number of nitrogens with two attached hydrogens (primary N) is 1. The topological polar surface area (TPSA) is 78.3 Å². The highest BCUT2D eigenvalue weighted by Gasteiger charge is 2.10. The van der Waals surface area contributed by atoms with Gasteiger partial charge in [0.05, 0.1) is 5.69 Å². The van der Waals surface area contributed by atoms with Crippen molar-refractivity contribution >= 4 is 11.3 Å². The van der Waals surface area contributed by atoms with Gasteiger partial charge in [0, 0.05) is 12.4 Å². The molecule has 1 aromatic carbocycles. The van der Waals surface area contributed by atoms with Crippen molar-refractivity contribution in [1.82, 2.24) is 19.6 Å². The first-order valence-electron chi connectivity index (χ1n) is 5.43. The second-order valence-corrected chi connectivity index (χ2v) is 3.88. The predicted octanol–water partition coefficient (Wildman–Crippen LogP) is 1.81. The van der Waals surface area contributed by atoms with Crippen LogP contribution in [0.3, 0.4) is 0 Å². The molecule has 18 heavy (non-hydrogen) atoms. The fourth-order valence-electron chi connectivity index (χ4n) is 1.65. The van der Waals surface area contributed by atoms with E-state index in [1.54, 1.807) is 29.2 Å². The third-order valence-electron chi connectivity index (χ3n) is 2.67. The standard InChI is InChI=1S/C12H11N5O/c1-8-3-2-4-9(10(8)13)18-12-11-16-15-7-17(11)6-5-14-12/h2-7H,13H2,1H3. The number of para-hydroxylation sites is 1. The van der Waals surface area contributed by atoms with E-state index in [4.69, 9.17) is 10.5 Å². The van der Waals surface area contributed by atoms with Crippen molar-refractivity contribution in [1.29, 1.82) is 0 Å². The number of ether oxygens (including phenoxy) is 1. The zero-order valence-corrected chi connectivity index (χ0v) is 9.74. The van der Waals surface area contributed by atoms with Gasteiger partial charge in [-0.2, -0.15) is 0 Å². The molecule has 0 atom stereocenters. The third-order valence-corrected chi connectivity index (χ3v) is 2.67. The summed E-state index contributed by atoms with van der Waals surface area (Å²) in [5.41, 5.74) is 8.07. The maximum atomic E-state index is 5.95. The summed E-state index contributed by atoms with van der Waals surface area (Å²) in [6.45, 7) is 1.92. The van der Waals surface area contributed by atoms with Crippen LogP contribution in [0.15, 0.2) is 36.9 Å². The first kappa shape index (κ1) is 10.5. The molecule has 0 fully saturated rings. The Morgan fingerprint density at radius 3 is 3.11 bits per heavy atom. The average molecular weight is 241 g/mol. The molecule has 0 amide bonds. The Hall–Kier alpha value is -2.63. The average Bonchev–Trinajstić information content (AvgIpc) is 2.84. The summed E-state index contributed by atoms with van der Waals surface area (Å²) in [6.07, 6.45) is 4.96. The van der Waals surface area contributed by atoms with E-state index in [0.717, 1.165) is 5.56 Å². The van der Waals surface area contributed by atoms with E-state index in [9.17, 15) is 0 Å². The van der Waals surface area contributed by atoms with Gasteiger partial charge in [-0.3, -0.25) is 4.40 Å². The molecule has 0 saturated carbocycles. The van der Waals surface area contributed by atoms with Crippen LogP contribution in [0, 0.1) is 6.92 Å². The minimum absolute atomic E-state index is 0.382. The van der Waals surface area contributed by atoms with Crippen molar-refractivity contribution in [2.75, 3.05) is 5.73 Å². The Morgan fingerprint density at radius 1 is 1.33 bits per heavy atom. The lowest BCUT2D eigenvalue weighted by molar-refractivity contribution is 0.467. The van der Waals surface area contributed by atoms with E-state index in [2.05, 4.69) is 15.2 Å². The van der Waals surface area contributed by atoms with Crippen molar-refractivity contribution in [3.05, 3.63) is 42.5 Å². The van der Waals surface area contributed by atoms with Crippen LogP contribution < -0.4 is 10.5 Å². The lowest BCUT2D eigenvalue weighted by Gasteiger charge is -2.09. The normalized spacial score (nSPS) is 10.7. The molecule has 3 rings (SSSR count). The van der Waals surface area contributed by atoms with Crippen molar-refractivity contribution in [2.24, 2.45) is 0 Å². The van der Waals surface area contributed by atoms with Crippen LogP contribution in [0.1, 0.15) is 5.56 Å². The Bertz CT molecular complexity index is 707. The minimum Gasteiger partial charge on any atom is -0.434 e. The molecule has 0 unspecified atom stereocenters. The van der Waals surface area contributed by atoms with E-state index in [1.807, 2.05) is 19.1 Å². The van der Waals surface area contributed by atoms with Crippen LogP contribution in [0.2, 0.25) is 0 Å². The van der Waals surface area contributed by atoms with Crippen LogP contribution in [0.5, 0.6) is 11.6 Å². The number of hydrogen-bond acceptors (Lipinski definition) is 5. The molecule has 0 bridgehead atoms. The van der Waals surface area contributed by atoms with Crippen molar-refractivity contribution < 1.29 is 4.74 Å². The van der Waals surface area contributed by atoms with Gasteiger partial charge in [0.15, 0.2) is 5.75 Å². The second-order valence-electron chi connectivity index (χ2n) is 3.88. The van der Waals surface area contributed by atoms with Gasteiger partial charge in [0.1, 0.15) is 6.33 Å². The summed E-state index contributed by atoms with van der Waals surface area (Å²) in [7, 11) is 0. The molecule has 3 aromatic rings. The third kappa shape index (κ3) is 1.64. The summed E-state index contributed by atoms with van der Waals surface area (Å²) in [5, 5.41) is 7.76. The summed E-state index contributed by atoms with van der Waals surface area (Å²) in [5.74, 6) is 0.950. The number of rotatable bonds is 2. The van der Waals surface area contributed by atoms with E-state index in [0.29, 0.717) is 23.0 Å². The lowest BCUT2D eigenvalue weighted by Crippen LogP contribution is -1.97.